The molecule has 0 unspecified atom stereocenters. The first-order valence-corrected chi connectivity index (χ1v) is 6.19. The van der Waals surface area contributed by atoms with Crippen LogP contribution in [0.2, 0.25) is 0 Å². The molecule has 2 aromatic heterocycles. The summed E-state index contributed by atoms with van der Waals surface area (Å²) in [6.45, 7) is 4.59. The Kier molecular flexibility index (Phi) is 3.74. The maximum Gasteiger partial charge on any atom is 0.435 e. The van der Waals surface area contributed by atoms with Crippen LogP contribution in [-0.2, 0) is 26.3 Å². The Morgan fingerprint density at radius 1 is 1.35 bits per heavy atom. The lowest BCUT2D eigenvalue weighted by molar-refractivity contribution is -0.142. The number of hydrogen-bond donors (Lipinski definition) is 1. The van der Waals surface area contributed by atoms with Crippen molar-refractivity contribution in [2.75, 3.05) is 5.32 Å². The molecule has 2 rings (SSSR count). The first-order valence-electron chi connectivity index (χ1n) is 6.19. The van der Waals surface area contributed by atoms with E-state index >= 15 is 0 Å². The van der Waals surface area contributed by atoms with Gasteiger partial charge in [0.1, 0.15) is 0 Å². The molecule has 110 valence electrons. The molecule has 0 fully saturated rings. The van der Waals surface area contributed by atoms with Gasteiger partial charge in [-0.3, -0.25) is 9.36 Å². The van der Waals surface area contributed by atoms with Crippen LogP contribution in [-0.4, -0.2) is 19.6 Å². The highest BCUT2D eigenvalue weighted by Gasteiger charge is 2.36. The first-order chi connectivity index (χ1) is 9.32. The van der Waals surface area contributed by atoms with Gasteiger partial charge in [0.05, 0.1) is 17.6 Å². The molecular formula is C12H16F3N5. The van der Waals surface area contributed by atoms with Crippen LogP contribution in [0.15, 0.2) is 12.4 Å². The van der Waals surface area contributed by atoms with Crippen molar-refractivity contribution in [1.29, 1.82) is 0 Å². The number of aromatic nitrogens is 4. The Morgan fingerprint density at radius 3 is 2.60 bits per heavy atom. The molecule has 2 aromatic rings. The molecule has 0 aliphatic carbocycles. The highest BCUT2D eigenvalue weighted by molar-refractivity contribution is 5.46. The Morgan fingerprint density at radius 2 is 2.05 bits per heavy atom. The fourth-order valence-corrected chi connectivity index (χ4v) is 2.03. The van der Waals surface area contributed by atoms with Gasteiger partial charge in [0.25, 0.3) is 0 Å². The van der Waals surface area contributed by atoms with Crippen molar-refractivity contribution in [3.8, 4) is 0 Å². The van der Waals surface area contributed by atoms with E-state index in [1.165, 1.54) is 17.9 Å². The highest BCUT2D eigenvalue weighted by Crippen LogP contribution is 2.31. The number of hydrogen-bond acceptors (Lipinski definition) is 3. The second kappa shape index (κ2) is 5.18. The minimum atomic E-state index is -4.44. The van der Waals surface area contributed by atoms with Gasteiger partial charge in [-0.25, -0.2) is 0 Å². The first kappa shape index (κ1) is 14.4. The van der Waals surface area contributed by atoms with E-state index in [2.05, 4.69) is 15.5 Å². The summed E-state index contributed by atoms with van der Waals surface area (Å²) in [5, 5.41) is 10.6. The standard InChI is InChI=1S/C12H16F3N5/c1-4-20-8(2)10(6-17-20)16-5-9-7-19(3)18-11(9)12(13,14)15/h6-7,16H,4-5H2,1-3H3. The average Bonchev–Trinajstić information content (AvgIpc) is 2.89. The van der Waals surface area contributed by atoms with E-state index in [0.717, 1.165) is 11.4 Å². The summed E-state index contributed by atoms with van der Waals surface area (Å²) in [4.78, 5) is 0. The Bertz CT molecular complexity index is 597. The van der Waals surface area contributed by atoms with Crippen molar-refractivity contribution in [2.24, 2.45) is 7.05 Å². The van der Waals surface area contributed by atoms with E-state index < -0.39 is 11.9 Å². The number of aryl methyl sites for hydroxylation is 2. The third-order valence-corrected chi connectivity index (χ3v) is 3.05. The number of rotatable bonds is 4. The molecule has 0 amide bonds. The van der Waals surface area contributed by atoms with Gasteiger partial charge in [0, 0.05) is 31.9 Å². The third-order valence-electron chi connectivity index (χ3n) is 3.05. The molecule has 0 bridgehead atoms. The summed E-state index contributed by atoms with van der Waals surface area (Å²) in [7, 11) is 1.47. The molecule has 0 aliphatic heterocycles. The smallest absolute Gasteiger partial charge is 0.378 e. The van der Waals surface area contributed by atoms with Crippen LogP contribution in [0.3, 0.4) is 0 Å². The maximum absolute atomic E-state index is 12.8. The molecule has 20 heavy (non-hydrogen) atoms. The Balaban J connectivity index is 2.17. The SMILES string of the molecule is CCn1ncc(NCc2cn(C)nc2C(F)(F)F)c1C. The Hall–Kier alpha value is -1.99. The molecule has 8 heteroatoms. The second-order valence-electron chi connectivity index (χ2n) is 4.49. The maximum atomic E-state index is 12.8. The molecule has 2 heterocycles. The topological polar surface area (TPSA) is 47.7 Å². The van der Waals surface area contributed by atoms with Crippen molar-refractivity contribution in [1.82, 2.24) is 19.6 Å². The number of alkyl halides is 3. The predicted molar refractivity (Wildman–Crippen MR) is 68.2 cm³/mol. The number of nitrogens with one attached hydrogen (secondary N) is 1. The highest BCUT2D eigenvalue weighted by atomic mass is 19.4. The zero-order chi connectivity index (χ0) is 14.9. The second-order valence-corrected chi connectivity index (χ2v) is 4.49. The van der Waals surface area contributed by atoms with Gasteiger partial charge in [-0.2, -0.15) is 23.4 Å². The van der Waals surface area contributed by atoms with Crippen molar-refractivity contribution in [3.63, 3.8) is 0 Å². The normalized spacial score (nSPS) is 11.9. The van der Waals surface area contributed by atoms with E-state index in [-0.39, 0.29) is 12.1 Å². The molecule has 0 aliphatic rings. The lowest BCUT2D eigenvalue weighted by Gasteiger charge is -2.08. The molecule has 0 atom stereocenters. The van der Waals surface area contributed by atoms with Gasteiger partial charge in [-0.15, -0.1) is 0 Å². The molecule has 0 radical (unpaired) electrons. The molecule has 5 nitrogen and oxygen atoms in total. The minimum Gasteiger partial charge on any atom is -0.378 e. The summed E-state index contributed by atoms with van der Waals surface area (Å²) < 4.78 is 41.4. The number of halogens is 3. The molecule has 1 N–H and O–H groups in total. The minimum absolute atomic E-state index is 0.0545. The van der Waals surface area contributed by atoms with Crippen molar-refractivity contribution in [3.05, 3.63) is 29.3 Å². The van der Waals surface area contributed by atoms with E-state index in [1.807, 2.05) is 13.8 Å². The number of anilines is 1. The fourth-order valence-electron chi connectivity index (χ4n) is 2.03. The predicted octanol–water partition coefficient (Wildman–Crippen LogP) is 2.58. The van der Waals surface area contributed by atoms with Crippen LogP contribution >= 0.6 is 0 Å². The zero-order valence-electron chi connectivity index (χ0n) is 11.5. The van der Waals surface area contributed by atoms with Gasteiger partial charge in [0.15, 0.2) is 5.69 Å². The van der Waals surface area contributed by atoms with Crippen molar-refractivity contribution >= 4 is 5.69 Å². The largest absolute Gasteiger partial charge is 0.435 e. The summed E-state index contributed by atoms with van der Waals surface area (Å²) in [5.74, 6) is 0. The van der Waals surface area contributed by atoms with Crippen LogP contribution in [0.25, 0.3) is 0 Å². The molecule has 0 aromatic carbocycles. The molecule has 0 saturated heterocycles. The van der Waals surface area contributed by atoms with Crippen LogP contribution < -0.4 is 5.32 Å². The summed E-state index contributed by atoms with van der Waals surface area (Å²) in [5.41, 5.74) is 0.880. The molecule has 0 spiro atoms. The Labute approximate surface area is 114 Å². The van der Waals surface area contributed by atoms with Crippen molar-refractivity contribution < 1.29 is 13.2 Å². The van der Waals surface area contributed by atoms with Crippen LogP contribution in [0, 0.1) is 6.92 Å². The van der Waals surface area contributed by atoms with E-state index in [0.29, 0.717) is 6.54 Å². The van der Waals surface area contributed by atoms with E-state index in [1.54, 1.807) is 10.9 Å². The van der Waals surface area contributed by atoms with Gasteiger partial charge in [-0.1, -0.05) is 0 Å². The zero-order valence-corrected chi connectivity index (χ0v) is 11.5. The van der Waals surface area contributed by atoms with Gasteiger partial charge in [-0.05, 0) is 13.8 Å². The van der Waals surface area contributed by atoms with E-state index in [4.69, 9.17) is 0 Å². The molecular weight excluding hydrogens is 271 g/mol. The monoisotopic (exact) mass is 287 g/mol. The molecule has 0 saturated carbocycles. The van der Waals surface area contributed by atoms with Crippen molar-refractivity contribution in [2.45, 2.75) is 33.1 Å². The number of nitrogens with zero attached hydrogens (tertiary/aromatic N) is 4. The summed E-state index contributed by atoms with van der Waals surface area (Å²) in [6.07, 6.45) is -1.46. The average molecular weight is 287 g/mol. The lowest BCUT2D eigenvalue weighted by Crippen LogP contribution is -2.11. The van der Waals surface area contributed by atoms with Gasteiger partial charge in [0.2, 0.25) is 0 Å². The lowest BCUT2D eigenvalue weighted by atomic mass is 10.2. The summed E-state index contributed by atoms with van der Waals surface area (Å²) >= 11 is 0. The van der Waals surface area contributed by atoms with Gasteiger partial charge >= 0.3 is 6.18 Å². The van der Waals surface area contributed by atoms with Gasteiger partial charge < -0.3 is 5.32 Å². The fraction of sp³-hybridized carbons (Fsp3) is 0.500. The summed E-state index contributed by atoms with van der Waals surface area (Å²) in [6, 6.07) is 0. The van der Waals surface area contributed by atoms with Crippen LogP contribution in [0.5, 0.6) is 0 Å². The van der Waals surface area contributed by atoms with E-state index in [9.17, 15) is 13.2 Å². The third kappa shape index (κ3) is 2.78. The van der Waals surface area contributed by atoms with Crippen LogP contribution in [0.1, 0.15) is 23.9 Å². The van der Waals surface area contributed by atoms with Crippen LogP contribution in [0.4, 0.5) is 18.9 Å². The quantitative estimate of drug-likeness (QED) is 0.940.